The molecule has 3 rings (SSSR count). The Kier molecular flexibility index (Phi) is 13.0. The lowest BCUT2D eigenvalue weighted by Crippen LogP contribution is -2.39. The van der Waals surface area contributed by atoms with Crippen LogP contribution in [0.2, 0.25) is 0 Å². The number of aromatic hydroxyl groups is 1. The van der Waals surface area contributed by atoms with Crippen molar-refractivity contribution < 1.29 is 34.4 Å². The van der Waals surface area contributed by atoms with Crippen LogP contribution in [0.5, 0.6) is 5.75 Å². The van der Waals surface area contributed by atoms with Crippen LogP contribution in [0.3, 0.4) is 0 Å². The summed E-state index contributed by atoms with van der Waals surface area (Å²) in [5, 5.41) is 32.4. The molecule has 11 heteroatoms. The van der Waals surface area contributed by atoms with Crippen molar-refractivity contribution in [3.8, 4) is 5.75 Å². The summed E-state index contributed by atoms with van der Waals surface area (Å²) >= 11 is 0. The van der Waals surface area contributed by atoms with Gasteiger partial charge in [0.1, 0.15) is 18.8 Å². The van der Waals surface area contributed by atoms with Gasteiger partial charge >= 0.3 is 6.03 Å². The molecule has 41 heavy (non-hydrogen) atoms. The Balaban J connectivity index is 1.20. The average molecular weight is 571 g/mol. The van der Waals surface area contributed by atoms with Crippen LogP contribution >= 0.6 is 0 Å². The maximum Gasteiger partial charge on any atom is 0.332 e. The molecule has 0 unspecified atom stereocenters. The Bertz CT molecular complexity index is 1160. The Morgan fingerprint density at radius 2 is 1.78 bits per heavy atom. The monoisotopic (exact) mass is 570 g/mol. The molecule has 4 amide bonds. The normalized spacial score (nSPS) is 14.2. The van der Waals surface area contributed by atoms with Gasteiger partial charge in [-0.2, -0.15) is 0 Å². The van der Waals surface area contributed by atoms with E-state index >= 15 is 0 Å². The number of urea groups is 1. The number of amides is 4. The van der Waals surface area contributed by atoms with Gasteiger partial charge in [0.05, 0.1) is 12.7 Å². The zero-order valence-electron chi connectivity index (χ0n) is 23.5. The first-order valence-electron chi connectivity index (χ1n) is 14.2. The molecule has 1 heterocycles. The standard InChI is InChI=1S/C30H42N4O7/c31-28(38)19-34-29(39)20-33(30(34)40)25-10-7-9-22(16-25)8-3-6-15-41-14-5-2-1-4-13-32-18-27(37)23-11-12-26(36)24(17-23)21-35/h7,9-12,16-17,27,32,35-37H,1-6,8,13-15,18-21H2,(H2,31,38)/t27-/m1/s1. The van der Waals surface area contributed by atoms with Crippen LogP contribution in [0.25, 0.3) is 0 Å². The molecule has 224 valence electrons. The van der Waals surface area contributed by atoms with Crippen LogP contribution in [-0.4, -0.2) is 77.5 Å². The molecule has 0 spiro atoms. The number of nitrogens with two attached hydrogens (primary N) is 1. The number of carbonyl (C=O) groups excluding carboxylic acids is 3. The Hall–Kier alpha value is -3.51. The van der Waals surface area contributed by atoms with Crippen molar-refractivity contribution in [3.63, 3.8) is 0 Å². The van der Waals surface area contributed by atoms with Gasteiger partial charge in [-0.15, -0.1) is 0 Å². The highest BCUT2D eigenvalue weighted by Gasteiger charge is 2.37. The highest BCUT2D eigenvalue weighted by Crippen LogP contribution is 2.24. The lowest BCUT2D eigenvalue weighted by molar-refractivity contribution is -0.129. The number of hydrogen-bond acceptors (Lipinski definition) is 8. The molecule has 1 fully saturated rings. The molecule has 1 saturated heterocycles. The van der Waals surface area contributed by atoms with E-state index in [0.717, 1.165) is 68.6 Å². The molecule has 6 N–H and O–H groups in total. The SMILES string of the molecule is NC(=O)CN1C(=O)CN(c2cccc(CCCCOCCCCCCNC[C@@H](O)c3ccc(O)c(CO)c3)c2)C1=O. The van der Waals surface area contributed by atoms with Gasteiger partial charge in [-0.05, 0) is 74.0 Å². The number of imide groups is 1. The lowest BCUT2D eigenvalue weighted by Gasteiger charge is -2.17. The Morgan fingerprint density at radius 3 is 2.54 bits per heavy atom. The van der Waals surface area contributed by atoms with Gasteiger partial charge in [-0.3, -0.25) is 19.4 Å². The van der Waals surface area contributed by atoms with Gasteiger partial charge in [0.15, 0.2) is 0 Å². The van der Waals surface area contributed by atoms with Crippen molar-refractivity contribution in [1.29, 1.82) is 0 Å². The number of unbranched alkanes of at least 4 members (excludes halogenated alkanes) is 4. The third-order valence-electron chi connectivity index (χ3n) is 6.99. The van der Waals surface area contributed by atoms with Crippen molar-refractivity contribution in [2.45, 2.75) is 57.7 Å². The zero-order chi connectivity index (χ0) is 29.6. The van der Waals surface area contributed by atoms with Crippen LogP contribution in [0.15, 0.2) is 42.5 Å². The van der Waals surface area contributed by atoms with Crippen molar-refractivity contribution >= 4 is 23.5 Å². The number of carbonyl (C=O) groups is 3. The van der Waals surface area contributed by atoms with E-state index in [0.29, 0.717) is 30.0 Å². The molecule has 2 aromatic rings. The van der Waals surface area contributed by atoms with Gasteiger partial charge in [0, 0.05) is 31.0 Å². The zero-order valence-corrected chi connectivity index (χ0v) is 23.5. The number of aryl methyl sites for hydroxylation is 1. The number of anilines is 1. The second-order valence-corrected chi connectivity index (χ2v) is 10.2. The molecule has 0 saturated carbocycles. The number of nitrogens with one attached hydrogen (secondary N) is 1. The second-order valence-electron chi connectivity index (χ2n) is 10.2. The first kappa shape index (κ1) is 32.0. The molecule has 1 aliphatic rings. The lowest BCUT2D eigenvalue weighted by atomic mass is 10.1. The molecule has 11 nitrogen and oxygen atoms in total. The number of hydrogen-bond donors (Lipinski definition) is 5. The first-order valence-corrected chi connectivity index (χ1v) is 14.2. The fourth-order valence-electron chi connectivity index (χ4n) is 4.67. The number of nitrogens with zero attached hydrogens (tertiary/aromatic N) is 2. The van der Waals surface area contributed by atoms with E-state index in [-0.39, 0.29) is 18.9 Å². The van der Waals surface area contributed by atoms with Crippen LogP contribution in [0.4, 0.5) is 10.5 Å². The summed E-state index contributed by atoms with van der Waals surface area (Å²) in [6.07, 6.45) is 6.14. The van der Waals surface area contributed by atoms with Crippen molar-refractivity contribution in [2.24, 2.45) is 5.73 Å². The van der Waals surface area contributed by atoms with Crippen LogP contribution in [0.1, 0.15) is 61.3 Å². The van der Waals surface area contributed by atoms with E-state index < -0.39 is 30.5 Å². The summed E-state index contributed by atoms with van der Waals surface area (Å²) in [5.74, 6) is -1.14. The minimum Gasteiger partial charge on any atom is -0.508 e. The highest BCUT2D eigenvalue weighted by atomic mass is 16.5. The molecule has 0 aromatic heterocycles. The molecular weight excluding hydrogens is 528 g/mol. The largest absolute Gasteiger partial charge is 0.508 e. The summed E-state index contributed by atoms with van der Waals surface area (Å²) < 4.78 is 5.76. The van der Waals surface area contributed by atoms with E-state index in [2.05, 4.69) is 5.32 Å². The molecule has 2 aromatic carbocycles. The number of rotatable bonds is 19. The fraction of sp³-hybridized carbons (Fsp3) is 0.500. The van der Waals surface area contributed by atoms with E-state index in [4.69, 9.17) is 10.5 Å². The quantitative estimate of drug-likeness (QED) is 0.127. The van der Waals surface area contributed by atoms with E-state index in [9.17, 15) is 29.7 Å². The molecule has 1 atom stereocenters. The number of primary amides is 1. The fourth-order valence-corrected chi connectivity index (χ4v) is 4.67. The predicted octanol–water partition coefficient (Wildman–Crippen LogP) is 2.36. The van der Waals surface area contributed by atoms with Gasteiger partial charge < -0.3 is 31.1 Å². The van der Waals surface area contributed by atoms with Crippen molar-refractivity contribution in [1.82, 2.24) is 10.2 Å². The Morgan fingerprint density at radius 1 is 1.02 bits per heavy atom. The number of aliphatic hydroxyl groups excluding tert-OH is 2. The third kappa shape index (κ3) is 10.1. The number of phenols is 1. The number of aliphatic hydroxyl groups is 2. The molecule has 1 aliphatic heterocycles. The topological polar surface area (TPSA) is 166 Å². The third-order valence-corrected chi connectivity index (χ3v) is 6.99. The molecule has 0 aliphatic carbocycles. The minimum absolute atomic E-state index is 0.0251. The smallest absolute Gasteiger partial charge is 0.332 e. The number of benzene rings is 2. The predicted molar refractivity (Wildman–Crippen MR) is 154 cm³/mol. The maximum atomic E-state index is 12.5. The molecule has 0 radical (unpaired) electrons. The second kappa shape index (κ2) is 16.7. The first-order chi connectivity index (χ1) is 19.8. The minimum atomic E-state index is -0.725. The van der Waals surface area contributed by atoms with E-state index in [1.54, 1.807) is 18.2 Å². The average Bonchev–Trinajstić information content (AvgIpc) is 3.23. The van der Waals surface area contributed by atoms with Crippen LogP contribution in [0, 0.1) is 0 Å². The molecule has 0 bridgehead atoms. The highest BCUT2D eigenvalue weighted by molar-refractivity contribution is 6.13. The van der Waals surface area contributed by atoms with Crippen molar-refractivity contribution in [3.05, 3.63) is 59.2 Å². The summed E-state index contributed by atoms with van der Waals surface area (Å²) in [6, 6.07) is 11.8. The van der Waals surface area contributed by atoms with Gasteiger partial charge in [-0.1, -0.05) is 31.0 Å². The van der Waals surface area contributed by atoms with Crippen LogP contribution in [-0.2, 0) is 27.4 Å². The van der Waals surface area contributed by atoms with Gasteiger partial charge in [-0.25, -0.2) is 4.79 Å². The summed E-state index contributed by atoms with van der Waals surface area (Å²) in [4.78, 5) is 38.0. The van der Waals surface area contributed by atoms with E-state index in [1.807, 2.05) is 18.2 Å². The summed E-state index contributed by atoms with van der Waals surface area (Å²) in [7, 11) is 0. The number of ether oxygens (including phenoxy) is 1. The van der Waals surface area contributed by atoms with Crippen LogP contribution < -0.4 is 16.0 Å². The Labute approximate surface area is 240 Å². The summed E-state index contributed by atoms with van der Waals surface area (Å²) in [6.45, 7) is 1.85. The van der Waals surface area contributed by atoms with E-state index in [1.165, 1.54) is 11.0 Å². The summed E-state index contributed by atoms with van der Waals surface area (Å²) in [5.41, 5.74) is 7.90. The van der Waals surface area contributed by atoms with Gasteiger partial charge in [0.25, 0.3) is 5.91 Å². The van der Waals surface area contributed by atoms with Gasteiger partial charge in [0.2, 0.25) is 5.91 Å². The van der Waals surface area contributed by atoms with Crippen molar-refractivity contribution in [2.75, 3.05) is 44.3 Å². The maximum absolute atomic E-state index is 12.5. The molecular formula is C30H42N4O7.